The predicted molar refractivity (Wildman–Crippen MR) is 142 cm³/mol. The molecule has 0 atom stereocenters. The van der Waals surface area contributed by atoms with Crippen molar-refractivity contribution in [1.29, 1.82) is 0 Å². The van der Waals surface area contributed by atoms with Gasteiger partial charge in [0, 0.05) is 0 Å². The number of nitrogens with zero attached hydrogens (tertiary/aromatic N) is 2. The van der Waals surface area contributed by atoms with Crippen molar-refractivity contribution in [3.63, 3.8) is 0 Å². The van der Waals surface area contributed by atoms with Gasteiger partial charge in [-0.25, -0.2) is 0 Å². The van der Waals surface area contributed by atoms with Gasteiger partial charge in [-0.15, -0.1) is 0 Å². The molecule has 0 amide bonds. The van der Waals surface area contributed by atoms with Gasteiger partial charge in [0.05, 0.1) is 22.8 Å². The molecule has 0 radical (unpaired) electrons. The van der Waals surface area contributed by atoms with Crippen LogP contribution >= 0.6 is 0 Å². The average Bonchev–Trinajstić information content (AvgIpc) is 2.65. The predicted octanol–water partition coefficient (Wildman–Crippen LogP) is 7.08. The first-order chi connectivity index (χ1) is 14.9. The first-order valence-corrected chi connectivity index (χ1v) is 11.7. The van der Waals surface area contributed by atoms with Gasteiger partial charge in [-0.2, -0.15) is 0 Å². The Morgan fingerprint density at radius 1 is 0.576 bits per heavy atom. The lowest BCUT2D eigenvalue weighted by molar-refractivity contribution is -0.0380. The van der Waals surface area contributed by atoms with Gasteiger partial charge in [0.25, 0.3) is 0 Å². The van der Waals surface area contributed by atoms with E-state index in [1.807, 2.05) is 27.7 Å². The Labute approximate surface area is 200 Å². The normalized spacial score (nSPS) is 14.1. The fourth-order valence-corrected chi connectivity index (χ4v) is 3.88. The summed E-state index contributed by atoms with van der Waals surface area (Å²) in [6, 6.07) is 8.50. The third kappa shape index (κ3) is 5.99. The van der Waals surface area contributed by atoms with Crippen molar-refractivity contribution < 1.29 is 10.2 Å². The van der Waals surface area contributed by atoms with Crippen molar-refractivity contribution in [3.05, 3.63) is 57.6 Å². The Kier molecular flexibility index (Phi) is 7.47. The van der Waals surface area contributed by atoms with Gasteiger partial charge < -0.3 is 10.2 Å². The van der Waals surface area contributed by atoms with Crippen LogP contribution in [0.5, 0.6) is 0 Å². The number of aliphatic imine (C=N–C) groups is 2. The largest absolute Gasteiger partial charge is 0.356 e. The molecule has 2 rings (SSSR count). The van der Waals surface area contributed by atoms with Crippen LogP contribution in [0.4, 0.5) is 11.4 Å². The summed E-state index contributed by atoms with van der Waals surface area (Å²) in [6.07, 6.45) is 0. The molecule has 0 unspecified atom stereocenters. The molecule has 0 saturated carbocycles. The molecule has 0 aromatic heterocycles. The zero-order valence-electron chi connectivity index (χ0n) is 22.6. The molecule has 4 nitrogen and oxygen atoms in total. The number of aliphatic hydroxyl groups is 2. The molecule has 2 N–H and O–H groups in total. The number of hydrogen-bond acceptors (Lipinski definition) is 4. The maximum atomic E-state index is 11.0. The van der Waals surface area contributed by atoms with Crippen LogP contribution in [-0.2, 0) is 10.8 Å². The second kappa shape index (κ2) is 9.15. The van der Waals surface area contributed by atoms with Gasteiger partial charge in [-0.1, -0.05) is 65.8 Å². The van der Waals surface area contributed by atoms with Crippen molar-refractivity contribution >= 4 is 22.8 Å². The number of aryl methyl sites for hydroxylation is 4. The zero-order chi connectivity index (χ0) is 25.5. The molecule has 0 fully saturated rings. The maximum absolute atomic E-state index is 11.0. The summed E-state index contributed by atoms with van der Waals surface area (Å²) in [6.45, 7) is 24.4. The fourth-order valence-electron chi connectivity index (χ4n) is 3.88. The van der Waals surface area contributed by atoms with Crippen molar-refractivity contribution in [3.8, 4) is 0 Å². The van der Waals surface area contributed by atoms with Crippen LogP contribution in [0.2, 0.25) is 0 Å². The minimum atomic E-state index is -2.25. The quantitative estimate of drug-likeness (QED) is 0.386. The van der Waals surface area contributed by atoms with E-state index in [2.05, 4.69) is 75.8 Å². The maximum Gasteiger partial charge on any atom is 0.243 e. The first kappa shape index (κ1) is 26.9. The fraction of sp³-hybridized carbons (Fsp3) is 0.517. The molecular formula is C29H42N2O2. The third-order valence-electron chi connectivity index (χ3n) is 6.28. The summed E-state index contributed by atoms with van der Waals surface area (Å²) in [5, 5.41) is 22.0. The van der Waals surface area contributed by atoms with Crippen molar-refractivity contribution in [2.75, 3.05) is 0 Å². The molecule has 180 valence electrons. The molecule has 2 aromatic rings. The Bertz CT molecular complexity index is 974. The molecular weight excluding hydrogens is 408 g/mol. The molecule has 33 heavy (non-hydrogen) atoms. The van der Waals surface area contributed by atoms with Crippen LogP contribution < -0.4 is 0 Å². The van der Waals surface area contributed by atoms with Gasteiger partial charge in [0.15, 0.2) is 0 Å². The summed E-state index contributed by atoms with van der Waals surface area (Å²) in [7, 11) is 0. The van der Waals surface area contributed by atoms with Gasteiger partial charge in [-0.05, 0) is 85.8 Å². The number of rotatable bonds is 4. The van der Waals surface area contributed by atoms with E-state index in [-0.39, 0.29) is 22.3 Å². The minimum absolute atomic E-state index is 0.0338. The Hall–Kier alpha value is -2.30. The molecule has 0 aliphatic carbocycles. The lowest BCUT2D eigenvalue weighted by atomic mass is 9.84. The highest BCUT2D eigenvalue weighted by molar-refractivity contribution is 6.12. The Balaban J connectivity index is 2.50. The van der Waals surface area contributed by atoms with E-state index in [9.17, 15) is 10.2 Å². The van der Waals surface area contributed by atoms with E-state index >= 15 is 0 Å². The monoisotopic (exact) mass is 450 g/mol. The first-order valence-electron chi connectivity index (χ1n) is 11.7. The third-order valence-corrected chi connectivity index (χ3v) is 6.28. The molecule has 0 aliphatic rings. The summed E-state index contributed by atoms with van der Waals surface area (Å²) in [4.78, 5) is 9.29. The molecule has 0 saturated heterocycles. The smallest absolute Gasteiger partial charge is 0.243 e. The lowest BCUT2D eigenvalue weighted by Crippen LogP contribution is -2.43. The molecule has 0 spiro atoms. The van der Waals surface area contributed by atoms with E-state index in [0.29, 0.717) is 0 Å². The van der Waals surface area contributed by atoms with Crippen LogP contribution in [0.15, 0.2) is 34.3 Å². The van der Waals surface area contributed by atoms with Crippen LogP contribution in [0, 0.1) is 27.7 Å². The van der Waals surface area contributed by atoms with Crippen LogP contribution in [0.25, 0.3) is 0 Å². The molecule has 4 heteroatoms. The summed E-state index contributed by atoms with van der Waals surface area (Å²) in [5.74, 6) is -2.25. The topological polar surface area (TPSA) is 65.2 Å². The van der Waals surface area contributed by atoms with E-state index < -0.39 is 5.79 Å². The van der Waals surface area contributed by atoms with Crippen LogP contribution in [0.1, 0.15) is 88.8 Å². The van der Waals surface area contributed by atoms with Crippen molar-refractivity contribution in [2.24, 2.45) is 9.98 Å². The lowest BCUT2D eigenvalue weighted by Gasteiger charge is -2.25. The van der Waals surface area contributed by atoms with Gasteiger partial charge in [-0.3, -0.25) is 9.98 Å². The van der Waals surface area contributed by atoms with E-state index in [0.717, 1.165) is 33.6 Å². The van der Waals surface area contributed by atoms with Crippen LogP contribution in [-0.4, -0.2) is 27.4 Å². The standard InChI is InChI=1S/C29H42N2O2/c1-17-13-23(27(7,8)9)14-18(2)25(17)30-21(5)29(32,33)22(6)31-26-19(3)15-24(16-20(26)4)28(10,11)12/h13-16,32-33H,1-12H3. The van der Waals surface area contributed by atoms with E-state index in [4.69, 9.17) is 0 Å². The summed E-state index contributed by atoms with van der Waals surface area (Å²) in [5.41, 5.74) is 8.49. The van der Waals surface area contributed by atoms with Crippen molar-refractivity contribution in [1.82, 2.24) is 0 Å². The molecule has 0 heterocycles. The highest BCUT2D eigenvalue weighted by atomic mass is 16.5. The van der Waals surface area contributed by atoms with Crippen molar-refractivity contribution in [2.45, 2.75) is 99.7 Å². The Morgan fingerprint density at radius 2 is 0.818 bits per heavy atom. The molecule has 2 aromatic carbocycles. The van der Waals surface area contributed by atoms with E-state index in [1.54, 1.807) is 13.8 Å². The Morgan fingerprint density at radius 3 is 1.03 bits per heavy atom. The average molecular weight is 451 g/mol. The van der Waals surface area contributed by atoms with Gasteiger partial charge in [0.1, 0.15) is 0 Å². The molecule has 0 aliphatic heterocycles. The SMILES string of the molecule is CC(=Nc1c(C)cc(C(C)(C)C)cc1C)C(O)(O)C(C)=Nc1c(C)cc(C(C)(C)C)cc1C. The summed E-state index contributed by atoms with van der Waals surface area (Å²) < 4.78 is 0. The second-order valence-corrected chi connectivity index (χ2v) is 11.5. The molecule has 0 bridgehead atoms. The highest BCUT2D eigenvalue weighted by Crippen LogP contribution is 2.34. The van der Waals surface area contributed by atoms with Gasteiger partial charge in [0.2, 0.25) is 5.79 Å². The summed E-state index contributed by atoms with van der Waals surface area (Å²) >= 11 is 0. The number of benzene rings is 2. The zero-order valence-corrected chi connectivity index (χ0v) is 22.6. The van der Waals surface area contributed by atoms with Crippen LogP contribution in [0.3, 0.4) is 0 Å². The minimum Gasteiger partial charge on any atom is -0.356 e. The van der Waals surface area contributed by atoms with E-state index in [1.165, 1.54) is 11.1 Å². The number of hydrogen-bond donors (Lipinski definition) is 2. The second-order valence-electron chi connectivity index (χ2n) is 11.5. The van der Waals surface area contributed by atoms with Gasteiger partial charge >= 0.3 is 0 Å². The highest BCUT2D eigenvalue weighted by Gasteiger charge is 2.32.